The molecule has 102 valence electrons. The molecule has 1 unspecified atom stereocenters. The van der Waals surface area contributed by atoms with Gasteiger partial charge in [0.1, 0.15) is 12.2 Å². The quantitative estimate of drug-likeness (QED) is 0.870. The summed E-state index contributed by atoms with van der Waals surface area (Å²) in [5.74, 6) is 1.78. The highest BCUT2D eigenvalue weighted by Gasteiger charge is 2.66. The largest absolute Gasteiger partial charge is 0.316 e. The Bertz CT molecular complexity index is 405. The summed E-state index contributed by atoms with van der Waals surface area (Å²) in [7, 11) is 2.06. The fourth-order valence-electron chi connectivity index (χ4n) is 3.55. The van der Waals surface area contributed by atoms with Crippen molar-refractivity contribution < 1.29 is 0 Å². The first-order chi connectivity index (χ1) is 8.36. The van der Waals surface area contributed by atoms with Gasteiger partial charge in [-0.3, -0.25) is 4.68 Å². The van der Waals surface area contributed by atoms with Crippen LogP contribution in [-0.4, -0.2) is 27.9 Å². The van der Waals surface area contributed by atoms with Gasteiger partial charge in [0.05, 0.1) is 0 Å². The number of hydrogen-bond donors (Lipinski definition) is 1. The molecular formula is C14H26N4. The zero-order valence-corrected chi connectivity index (χ0v) is 12.5. The Hall–Kier alpha value is -0.900. The van der Waals surface area contributed by atoms with Gasteiger partial charge in [-0.15, -0.1) is 0 Å². The van der Waals surface area contributed by atoms with Gasteiger partial charge >= 0.3 is 0 Å². The standard InChI is InChI=1S/C14H26N4/c1-7-18-11(16-9-17-18)8-10(15-6)12-13(2,3)14(12,4)5/h9-10,12,15H,7-8H2,1-6H3. The normalized spacial score (nSPS) is 23.0. The van der Waals surface area contributed by atoms with Gasteiger partial charge in [-0.25, -0.2) is 4.98 Å². The molecule has 1 saturated carbocycles. The van der Waals surface area contributed by atoms with Crippen molar-refractivity contribution >= 4 is 0 Å². The maximum atomic E-state index is 4.39. The van der Waals surface area contributed by atoms with Crippen molar-refractivity contribution in [3.05, 3.63) is 12.2 Å². The van der Waals surface area contributed by atoms with Crippen LogP contribution in [0.1, 0.15) is 40.4 Å². The maximum Gasteiger partial charge on any atom is 0.138 e. The van der Waals surface area contributed by atoms with E-state index < -0.39 is 0 Å². The lowest BCUT2D eigenvalue weighted by atomic mass is 10.0. The molecule has 0 amide bonds. The van der Waals surface area contributed by atoms with Gasteiger partial charge < -0.3 is 5.32 Å². The van der Waals surface area contributed by atoms with Crippen molar-refractivity contribution in [2.75, 3.05) is 7.05 Å². The molecule has 0 bridgehead atoms. The van der Waals surface area contributed by atoms with Crippen LogP contribution in [0.4, 0.5) is 0 Å². The first-order valence-corrected chi connectivity index (χ1v) is 6.90. The van der Waals surface area contributed by atoms with E-state index in [4.69, 9.17) is 0 Å². The van der Waals surface area contributed by atoms with E-state index in [1.54, 1.807) is 6.33 Å². The molecule has 1 aliphatic carbocycles. The Morgan fingerprint density at radius 2 is 1.94 bits per heavy atom. The van der Waals surface area contributed by atoms with Crippen LogP contribution in [0.15, 0.2) is 6.33 Å². The molecule has 0 aliphatic heterocycles. The van der Waals surface area contributed by atoms with E-state index in [9.17, 15) is 0 Å². The Morgan fingerprint density at radius 3 is 2.39 bits per heavy atom. The van der Waals surface area contributed by atoms with Crippen LogP contribution in [0.5, 0.6) is 0 Å². The SMILES string of the molecule is CCn1ncnc1CC(NC)C1C(C)(C)C1(C)C. The first-order valence-electron chi connectivity index (χ1n) is 6.90. The summed E-state index contributed by atoms with van der Waals surface area (Å²) >= 11 is 0. The number of likely N-dealkylation sites (N-methyl/N-ethyl adjacent to an activating group) is 1. The Kier molecular flexibility index (Phi) is 3.26. The molecule has 1 N–H and O–H groups in total. The number of nitrogens with one attached hydrogen (secondary N) is 1. The third-order valence-electron chi connectivity index (χ3n) is 5.30. The van der Waals surface area contributed by atoms with E-state index >= 15 is 0 Å². The summed E-state index contributed by atoms with van der Waals surface area (Å²) in [6.45, 7) is 12.5. The van der Waals surface area contributed by atoms with E-state index in [0.717, 1.165) is 18.8 Å². The van der Waals surface area contributed by atoms with Crippen LogP contribution in [0.2, 0.25) is 0 Å². The molecule has 0 aromatic carbocycles. The van der Waals surface area contributed by atoms with E-state index in [2.05, 4.69) is 57.1 Å². The van der Waals surface area contributed by atoms with Gasteiger partial charge in [0.25, 0.3) is 0 Å². The summed E-state index contributed by atoms with van der Waals surface area (Å²) in [6.07, 6.45) is 2.62. The fourth-order valence-corrected chi connectivity index (χ4v) is 3.55. The van der Waals surface area contributed by atoms with Gasteiger partial charge in [-0.2, -0.15) is 5.10 Å². The molecule has 1 fully saturated rings. The Balaban J connectivity index is 2.13. The summed E-state index contributed by atoms with van der Waals surface area (Å²) in [5.41, 5.74) is 0.801. The number of rotatable bonds is 5. The summed E-state index contributed by atoms with van der Waals surface area (Å²) in [5, 5.41) is 7.74. The molecule has 1 heterocycles. The number of aryl methyl sites for hydroxylation is 1. The van der Waals surface area contributed by atoms with Crippen LogP contribution in [-0.2, 0) is 13.0 Å². The van der Waals surface area contributed by atoms with Gasteiger partial charge in [0.2, 0.25) is 0 Å². The van der Waals surface area contributed by atoms with Gasteiger partial charge in [-0.1, -0.05) is 27.7 Å². The minimum atomic E-state index is 0.401. The van der Waals surface area contributed by atoms with Crippen LogP contribution in [0.3, 0.4) is 0 Å². The average Bonchev–Trinajstić information content (AvgIpc) is 2.69. The Labute approximate surface area is 110 Å². The predicted molar refractivity (Wildman–Crippen MR) is 73.3 cm³/mol. The van der Waals surface area contributed by atoms with Crippen LogP contribution in [0, 0.1) is 16.7 Å². The van der Waals surface area contributed by atoms with Crippen molar-refractivity contribution in [2.45, 2.75) is 53.6 Å². The average molecular weight is 250 g/mol. The number of aromatic nitrogens is 3. The van der Waals surface area contributed by atoms with Gasteiger partial charge in [0, 0.05) is 19.0 Å². The second-order valence-corrected chi connectivity index (χ2v) is 6.51. The molecule has 1 aliphatic rings. The summed E-state index contributed by atoms with van der Waals surface area (Å²) in [6, 6.07) is 0.476. The highest BCUT2D eigenvalue weighted by atomic mass is 15.3. The van der Waals surface area contributed by atoms with Crippen LogP contribution < -0.4 is 5.32 Å². The van der Waals surface area contributed by atoms with Gasteiger partial charge in [0.15, 0.2) is 0 Å². The number of hydrogen-bond acceptors (Lipinski definition) is 3. The second kappa shape index (κ2) is 4.34. The third kappa shape index (κ3) is 1.87. The lowest BCUT2D eigenvalue weighted by Crippen LogP contribution is -2.33. The van der Waals surface area contributed by atoms with E-state index in [0.29, 0.717) is 22.8 Å². The Morgan fingerprint density at radius 1 is 1.33 bits per heavy atom. The molecule has 18 heavy (non-hydrogen) atoms. The molecular weight excluding hydrogens is 224 g/mol. The fraction of sp³-hybridized carbons (Fsp3) is 0.857. The van der Waals surface area contributed by atoms with E-state index in [1.165, 1.54) is 0 Å². The summed E-state index contributed by atoms with van der Waals surface area (Å²) in [4.78, 5) is 4.39. The lowest BCUT2D eigenvalue weighted by Gasteiger charge is -2.18. The first kappa shape index (κ1) is 13.5. The topological polar surface area (TPSA) is 42.7 Å². The summed E-state index contributed by atoms with van der Waals surface area (Å²) < 4.78 is 1.99. The smallest absolute Gasteiger partial charge is 0.138 e. The molecule has 1 aromatic heterocycles. The minimum absolute atomic E-state index is 0.401. The molecule has 4 nitrogen and oxygen atoms in total. The van der Waals surface area contributed by atoms with Crippen molar-refractivity contribution in [1.82, 2.24) is 20.1 Å². The van der Waals surface area contributed by atoms with Gasteiger partial charge in [-0.05, 0) is 30.7 Å². The third-order valence-corrected chi connectivity index (χ3v) is 5.30. The van der Waals surface area contributed by atoms with E-state index in [1.807, 2.05) is 4.68 Å². The monoisotopic (exact) mass is 250 g/mol. The molecule has 0 spiro atoms. The molecule has 2 rings (SSSR count). The highest BCUT2D eigenvalue weighted by Crippen LogP contribution is 2.69. The molecule has 1 atom stereocenters. The molecule has 0 saturated heterocycles. The van der Waals surface area contributed by atoms with Crippen molar-refractivity contribution in [3.63, 3.8) is 0 Å². The molecule has 1 aromatic rings. The minimum Gasteiger partial charge on any atom is -0.316 e. The zero-order valence-electron chi connectivity index (χ0n) is 12.5. The number of nitrogens with zero attached hydrogens (tertiary/aromatic N) is 3. The van der Waals surface area contributed by atoms with Crippen LogP contribution in [0.25, 0.3) is 0 Å². The van der Waals surface area contributed by atoms with Crippen molar-refractivity contribution in [3.8, 4) is 0 Å². The maximum absolute atomic E-state index is 4.39. The molecule has 0 radical (unpaired) electrons. The predicted octanol–water partition coefficient (Wildman–Crippen LogP) is 2.11. The van der Waals surface area contributed by atoms with Crippen LogP contribution >= 0.6 is 0 Å². The van der Waals surface area contributed by atoms with Crippen molar-refractivity contribution in [1.29, 1.82) is 0 Å². The second-order valence-electron chi connectivity index (χ2n) is 6.51. The highest BCUT2D eigenvalue weighted by molar-refractivity contribution is 5.17. The zero-order chi connectivity index (χ0) is 13.6. The molecule has 4 heteroatoms. The lowest BCUT2D eigenvalue weighted by molar-refractivity contribution is 0.406. The van der Waals surface area contributed by atoms with Crippen molar-refractivity contribution in [2.24, 2.45) is 16.7 Å². The van der Waals surface area contributed by atoms with E-state index in [-0.39, 0.29) is 0 Å².